The Morgan fingerprint density at radius 3 is 2.78 bits per heavy atom. The number of anilines is 1. The van der Waals surface area contributed by atoms with Crippen LogP contribution in [-0.4, -0.2) is 56.7 Å². The Hall–Kier alpha value is -2.76. The van der Waals surface area contributed by atoms with Crippen LogP contribution in [0.5, 0.6) is 0 Å². The minimum atomic E-state index is -3.93. The summed E-state index contributed by atoms with van der Waals surface area (Å²) in [6.45, 7) is 2.07. The third-order valence-corrected chi connectivity index (χ3v) is 8.04. The standard InChI is InChI=1S/C21H23N3O6S2/c1-2-30-21(27)18-16(13-6-7-13)12-31-20(18)23-19(26)14-4-3-5-15(10-14)32(28,29)24-9-8-22-17(25)11-24/h3-5,10,12-13H,2,6-9,11H2,1H3,(H,22,25)(H,23,26). The largest absolute Gasteiger partial charge is 0.462 e. The van der Waals surface area contributed by atoms with Gasteiger partial charge in [0.2, 0.25) is 15.9 Å². The maximum Gasteiger partial charge on any atom is 0.341 e. The number of hydrogen-bond donors (Lipinski definition) is 2. The van der Waals surface area contributed by atoms with Gasteiger partial charge in [-0.2, -0.15) is 4.31 Å². The molecule has 0 bridgehead atoms. The summed E-state index contributed by atoms with van der Waals surface area (Å²) in [5.41, 5.74) is 1.38. The van der Waals surface area contributed by atoms with E-state index in [2.05, 4.69) is 10.6 Å². The average Bonchev–Trinajstić information content (AvgIpc) is 3.54. The van der Waals surface area contributed by atoms with E-state index in [-0.39, 0.29) is 42.6 Å². The van der Waals surface area contributed by atoms with Crippen molar-refractivity contribution in [2.75, 3.05) is 31.6 Å². The first-order valence-corrected chi connectivity index (χ1v) is 12.6. The van der Waals surface area contributed by atoms with Crippen molar-refractivity contribution in [1.29, 1.82) is 0 Å². The lowest BCUT2D eigenvalue weighted by Crippen LogP contribution is -2.49. The first-order valence-electron chi connectivity index (χ1n) is 10.3. The van der Waals surface area contributed by atoms with E-state index < -0.39 is 21.9 Å². The van der Waals surface area contributed by atoms with Gasteiger partial charge in [-0.25, -0.2) is 13.2 Å². The zero-order valence-corrected chi connectivity index (χ0v) is 19.1. The zero-order valence-electron chi connectivity index (χ0n) is 17.4. The van der Waals surface area contributed by atoms with Crippen molar-refractivity contribution in [3.8, 4) is 0 Å². The average molecular weight is 478 g/mol. The summed E-state index contributed by atoms with van der Waals surface area (Å²) in [6.07, 6.45) is 1.98. The topological polar surface area (TPSA) is 122 Å². The SMILES string of the molecule is CCOC(=O)c1c(C2CC2)csc1NC(=O)c1cccc(S(=O)(=O)N2CCNC(=O)C2)c1. The number of benzene rings is 1. The third-order valence-electron chi connectivity index (χ3n) is 5.28. The molecule has 0 radical (unpaired) electrons. The summed E-state index contributed by atoms with van der Waals surface area (Å²) in [4.78, 5) is 36.9. The zero-order chi connectivity index (χ0) is 22.9. The lowest BCUT2D eigenvalue weighted by Gasteiger charge is -2.26. The predicted octanol–water partition coefficient (Wildman–Crippen LogP) is 2.17. The smallest absolute Gasteiger partial charge is 0.341 e. The van der Waals surface area contributed by atoms with Gasteiger partial charge < -0.3 is 15.4 Å². The number of carbonyl (C=O) groups excluding carboxylic acids is 3. The fraction of sp³-hybridized carbons (Fsp3) is 0.381. The van der Waals surface area contributed by atoms with Crippen molar-refractivity contribution in [3.63, 3.8) is 0 Å². The second-order valence-electron chi connectivity index (χ2n) is 7.56. The highest BCUT2D eigenvalue weighted by Gasteiger charge is 2.33. The van der Waals surface area contributed by atoms with Crippen molar-refractivity contribution in [3.05, 3.63) is 46.3 Å². The number of carbonyl (C=O) groups is 3. The van der Waals surface area contributed by atoms with Gasteiger partial charge in [0.05, 0.1) is 23.6 Å². The molecule has 1 aliphatic heterocycles. The van der Waals surface area contributed by atoms with E-state index in [1.807, 2.05) is 5.38 Å². The summed E-state index contributed by atoms with van der Waals surface area (Å²) in [7, 11) is -3.93. The second-order valence-corrected chi connectivity index (χ2v) is 10.4. The monoisotopic (exact) mass is 477 g/mol. The molecule has 11 heteroatoms. The van der Waals surface area contributed by atoms with Gasteiger partial charge in [0, 0.05) is 18.7 Å². The number of piperazine rings is 1. The summed E-state index contributed by atoms with van der Waals surface area (Å²) >= 11 is 1.25. The van der Waals surface area contributed by atoms with Gasteiger partial charge in [-0.1, -0.05) is 6.07 Å². The Kier molecular flexibility index (Phi) is 6.31. The Morgan fingerprint density at radius 2 is 2.09 bits per heavy atom. The molecule has 1 aromatic carbocycles. The molecule has 2 aliphatic rings. The van der Waals surface area contributed by atoms with Gasteiger partial charge in [0.15, 0.2) is 0 Å². The van der Waals surface area contributed by atoms with Crippen LogP contribution in [0.25, 0.3) is 0 Å². The molecule has 2 heterocycles. The quantitative estimate of drug-likeness (QED) is 0.590. The summed E-state index contributed by atoms with van der Waals surface area (Å²) in [6, 6.07) is 5.63. The van der Waals surface area contributed by atoms with E-state index in [0.717, 1.165) is 22.7 Å². The van der Waals surface area contributed by atoms with Gasteiger partial charge in [0.25, 0.3) is 5.91 Å². The van der Waals surface area contributed by atoms with Gasteiger partial charge in [0.1, 0.15) is 5.00 Å². The molecule has 2 amide bonds. The molecule has 9 nitrogen and oxygen atoms in total. The highest BCUT2D eigenvalue weighted by Crippen LogP contribution is 2.46. The molecule has 1 aromatic heterocycles. The van der Waals surface area contributed by atoms with Crippen LogP contribution in [0.1, 0.15) is 52.0 Å². The molecule has 4 rings (SSSR count). The highest BCUT2D eigenvalue weighted by atomic mass is 32.2. The minimum absolute atomic E-state index is 0.0738. The molecule has 2 N–H and O–H groups in total. The highest BCUT2D eigenvalue weighted by molar-refractivity contribution is 7.89. The van der Waals surface area contributed by atoms with E-state index >= 15 is 0 Å². The molecule has 0 unspecified atom stereocenters. The van der Waals surface area contributed by atoms with Crippen LogP contribution >= 0.6 is 11.3 Å². The first kappa shape index (κ1) is 22.4. The van der Waals surface area contributed by atoms with Crippen LogP contribution in [0.15, 0.2) is 34.5 Å². The number of amides is 2. The Bertz CT molecular complexity index is 1170. The molecule has 0 spiro atoms. The molecule has 1 saturated carbocycles. The second kappa shape index (κ2) is 9.00. The molecular formula is C21H23N3O6S2. The molecule has 2 fully saturated rings. The number of esters is 1. The number of hydrogen-bond acceptors (Lipinski definition) is 7. The molecular weight excluding hydrogens is 454 g/mol. The maximum absolute atomic E-state index is 12.9. The van der Waals surface area contributed by atoms with Crippen molar-refractivity contribution in [2.45, 2.75) is 30.6 Å². The van der Waals surface area contributed by atoms with Crippen LogP contribution in [0.3, 0.4) is 0 Å². The third kappa shape index (κ3) is 4.54. The van der Waals surface area contributed by atoms with Crippen LogP contribution in [0.2, 0.25) is 0 Å². The van der Waals surface area contributed by atoms with Gasteiger partial charge in [-0.05, 0) is 54.8 Å². The molecule has 1 aliphatic carbocycles. The molecule has 32 heavy (non-hydrogen) atoms. The van der Waals surface area contributed by atoms with Crippen molar-refractivity contribution in [1.82, 2.24) is 9.62 Å². The van der Waals surface area contributed by atoms with E-state index in [1.165, 1.54) is 35.6 Å². The van der Waals surface area contributed by atoms with Crippen LogP contribution in [0.4, 0.5) is 5.00 Å². The van der Waals surface area contributed by atoms with E-state index in [0.29, 0.717) is 16.5 Å². The normalized spacial score (nSPS) is 17.0. The predicted molar refractivity (Wildman–Crippen MR) is 118 cm³/mol. The number of sulfonamides is 1. The van der Waals surface area contributed by atoms with E-state index in [1.54, 1.807) is 6.92 Å². The molecule has 0 atom stereocenters. The Labute approximate surface area is 189 Å². The van der Waals surface area contributed by atoms with E-state index in [4.69, 9.17) is 4.74 Å². The number of nitrogens with one attached hydrogen (secondary N) is 2. The first-order chi connectivity index (χ1) is 15.3. The van der Waals surface area contributed by atoms with Crippen LogP contribution < -0.4 is 10.6 Å². The fourth-order valence-electron chi connectivity index (χ4n) is 3.51. The van der Waals surface area contributed by atoms with Gasteiger partial charge >= 0.3 is 5.97 Å². The van der Waals surface area contributed by atoms with Gasteiger partial charge in [-0.3, -0.25) is 9.59 Å². The number of thiophene rings is 1. The molecule has 2 aromatic rings. The minimum Gasteiger partial charge on any atom is -0.462 e. The van der Waals surface area contributed by atoms with Crippen LogP contribution in [0, 0.1) is 0 Å². The lowest BCUT2D eigenvalue weighted by atomic mass is 10.1. The molecule has 1 saturated heterocycles. The number of rotatable bonds is 7. The Balaban J connectivity index is 1.58. The van der Waals surface area contributed by atoms with Crippen LogP contribution in [-0.2, 0) is 19.6 Å². The maximum atomic E-state index is 12.9. The summed E-state index contributed by atoms with van der Waals surface area (Å²) < 4.78 is 32.1. The van der Waals surface area contributed by atoms with Crippen molar-refractivity contribution in [2.24, 2.45) is 0 Å². The van der Waals surface area contributed by atoms with Crippen molar-refractivity contribution < 1.29 is 27.5 Å². The lowest BCUT2D eigenvalue weighted by molar-refractivity contribution is -0.122. The Morgan fingerprint density at radius 1 is 1.31 bits per heavy atom. The number of ether oxygens (including phenoxy) is 1. The molecule has 170 valence electrons. The summed E-state index contributed by atoms with van der Waals surface area (Å²) in [5, 5.41) is 7.57. The number of nitrogens with zero attached hydrogens (tertiary/aromatic N) is 1. The summed E-state index contributed by atoms with van der Waals surface area (Å²) in [5.74, 6) is -1.09. The fourth-order valence-corrected chi connectivity index (χ4v) is 5.98. The van der Waals surface area contributed by atoms with Crippen molar-refractivity contribution >= 4 is 44.1 Å². The van der Waals surface area contributed by atoms with Gasteiger partial charge in [-0.15, -0.1) is 11.3 Å². The van der Waals surface area contributed by atoms with E-state index in [9.17, 15) is 22.8 Å².